The molecule has 0 bridgehead atoms. The highest BCUT2D eigenvalue weighted by Gasteiger charge is 2.08. The normalized spacial score (nSPS) is 10.2. The lowest BCUT2D eigenvalue weighted by Crippen LogP contribution is -2.20. The van der Waals surface area contributed by atoms with Gasteiger partial charge in [-0.3, -0.25) is 4.79 Å². The Balaban J connectivity index is 2.31. The first-order valence-electron chi connectivity index (χ1n) is 5.49. The van der Waals surface area contributed by atoms with Gasteiger partial charge in [-0.2, -0.15) is 0 Å². The zero-order valence-corrected chi connectivity index (χ0v) is 10.6. The third-order valence-electron chi connectivity index (χ3n) is 2.17. The van der Waals surface area contributed by atoms with Crippen LogP contribution < -0.4 is 5.32 Å². The summed E-state index contributed by atoms with van der Waals surface area (Å²) < 4.78 is 0. The van der Waals surface area contributed by atoms with E-state index in [-0.39, 0.29) is 6.42 Å². The summed E-state index contributed by atoms with van der Waals surface area (Å²) in [6, 6.07) is 6.83. The number of thioether (sulfide) groups is 1. The number of carboxylic acid groups (broad SMARTS) is 2. The average Bonchev–Trinajstić information content (AvgIpc) is 2.33. The molecule has 0 unspecified atom stereocenters. The van der Waals surface area contributed by atoms with Crippen LogP contribution in [0.4, 0.5) is 0 Å². The molecule has 1 aromatic rings. The number of hydrogen-bond donors (Lipinski definition) is 3. The van der Waals surface area contributed by atoms with Crippen molar-refractivity contribution in [3.8, 4) is 0 Å². The van der Waals surface area contributed by atoms with Crippen LogP contribution in [0.2, 0.25) is 0 Å². The summed E-state index contributed by atoms with van der Waals surface area (Å²) in [5, 5.41) is 20.4. The summed E-state index contributed by atoms with van der Waals surface area (Å²) in [5.74, 6) is -1.06. The van der Waals surface area contributed by atoms with Gasteiger partial charge >= 0.3 is 11.9 Å². The van der Waals surface area contributed by atoms with Gasteiger partial charge in [0.25, 0.3) is 0 Å². The van der Waals surface area contributed by atoms with Crippen molar-refractivity contribution in [1.29, 1.82) is 0 Å². The van der Waals surface area contributed by atoms with Gasteiger partial charge in [0.2, 0.25) is 0 Å². The van der Waals surface area contributed by atoms with Gasteiger partial charge in [-0.15, -0.1) is 11.8 Å². The second-order valence-corrected chi connectivity index (χ2v) is 4.68. The zero-order chi connectivity index (χ0) is 13.4. The van der Waals surface area contributed by atoms with Gasteiger partial charge in [0.1, 0.15) is 0 Å². The monoisotopic (exact) mass is 269 g/mol. The zero-order valence-electron chi connectivity index (χ0n) is 9.76. The van der Waals surface area contributed by atoms with Crippen LogP contribution in [0.25, 0.3) is 0 Å². The van der Waals surface area contributed by atoms with E-state index in [1.165, 1.54) is 11.8 Å². The van der Waals surface area contributed by atoms with Crippen molar-refractivity contribution in [3.63, 3.8) is 0 Å². The molecule has 0 aliphatic carbocycles. The van der Waals surface area contributed by atoms with Gasteiger partial charge < -0.3 is 15.5 Å². The van der Waals surface area contributed by atoms with Gasteiger partial charge in [-0.25, -0.2) is 4.79 Å². The fraction of sp³-hybridized carbons (Fsp3) is 0.333. The van der Waals surface area contributed by atoms with E-state index in [9.17, 15) is 9.59 Å². The highest BCUT2D eigenvalue weighted by molar-refractivity contribution is 7.99. The minimum atomic E-state index is -0.933. The summed E-state index contributed by atoms with van der Waals surface area (Å²) in [6.45, 7) is 1.07. The molecule has 0 spiro atoms. The van der Waals surface area contributed by atoms with Crippen LogP contribution in [-0.4, -0.2) is 41.0 Å². The molecular formula is C12H15NO4S. The van der Waals surface area contributed by atoms with E-state index in [0.717, 1.165) is 4.90 Å². The van der Waals surface area contributed by atoms with E-state index in [4.69, 9.17) is 10.2 Å². The number of aromatic carboxylic acids is 1. The lowest BCUT2D eigenvalue weighted by Gasteiger charge is -2.06. The van der Waals surface area contributed by atoms with E-state index in [1.807, 2.05) is 0 Å². The first kappa shape index (κ1) is 14.5. The van der Waals surface area contributed by atoms with E-state index < -0.39 is 11.9 Å². The maximum absolute atomic E-state index is 10.9. The van der Waals surface area contributed by atoms with Crippen LogP contribution in [-0.2, 0) is 4.79 Å². The molecule has 0 aliphatic heterocycles. The van der Waals surface area contributed by atoms with Gasteiger partial charge in [-0.1, -0.05) is 12.1 Å². The minimum Gasteiger partial charge on any atom is -0.481 e. The number of benzene rings is 1. The van der Waals surface area contributed by atoms with Crippen molar-refractivity contribution in [3.05, 3.63) is 29.8 Å². The average molecular weight is 269 g/mol. The van der Waals surface area contributed by atoms with Crippen molar-refractivity contribution < 1.29 is 19.8 Å². The molecule has 0 heterocycles. The fourth-order valence-corrected chi connectivity index (χ4v) is 2.27. The molecule has 0 aliphatic rings. The van der Waals surface area contributed by atoms with E-state index in [2.05, 4.69) is 5.32 Å². The maximum atomic E-state index is 10.9. The quantitative estimate of drug-likeness (QED) is 0.490. The van der Waals surface area contributed by atoms with Crippen molar-refractivity contribution >= 4 is 23.7 Å². The van der Waals surface area contributed by atoms with Crippen molar-refractivity contribution in [1.82, 2.24) is 5.32 Å². The Kier molecular flexibility index (Phi) is 6.24. The van der Waals surface area contributed by atoms with Crippen LogP contribution in [0.15, 0.2) is 29.2 Å². The predicted molar refractivity (Wildman–Crippen MR) is 69.2 cm³/mol. The fourth-order valence-electron chi connectivity index (χ4n) is 1.32. The molecule has 98 valence electrons. The summed E-state index contributed by atoms with van der Waals surface area (Å²) in [6.07, 6.45) is 0.0936. The summed E-state index contributed by atoms with van der Waals surface area (Å²) in [5.41, 5.74) is 0.299. The Morgan fingerprint density at radius 3 is 2.56 bits per heavy atom. The summed E-state index contributed by atoms with van der Waals surface area (Å²) in [4.78, 5) is 21.9. The lowest BCUT2D eigenvalue weighted by atomic mass is 10.2. The Bertz CT molecular complexity index is 422. The van der Waals surface area contributed by atoms with Crippen molar-refractivity contribution in [2.24, 2.45) is 0 Å². The number of aliphatic carboxylic acids is 1. The van der Waals surface area contributed by atoms with Crippen LogP contribution in [0.5, 0.6) is 0 Å². The molecule has 0 aromatic heterocycles. The molecule has 0 saturated heterocycles. The van der Waals surface area contributed by atoms with Gasteiger partial charge in [0, 0.05) is 23.7 Å². The van der Waals surface area contributed by atoms with E-state index in [1.54, 1.807) is 24.3 Å². The third kappa shape index (κ3) is 5.20. The number of carbonyl (C=O) groups is 2. The Hall–Kier alpha value is -1.53. The summed E-state index contributed by atoms with van der Waals surface area (Å²) in [7, 11) is 0. The topological polar surface area (TPSA) is 86.6 Å². The highest BCUT2D eigenvalue weighted by Crippen LogP contribution is 2.21. The molecule has 0 radical (unpaired) electrons. The molecule has 5 nitrogen and oxygen atoms in total. The second kappa shape index (κ2) is 7.73. The maximum Gasteiger partial charge on any atom is 0.336 e. The molecular weight excluding hydrogens is 254 g/mol. The Labute approximate surface area is 109 Å². The number of rotatable bonds is 8. The molecule has 3 N–H and O–H groups in total. The number of nitrogens with one attached hydrogen (secondary N) is 1. The third-order valence-corrected chi connectivity index (χ3v) is 3.24. The smallest absolute Gasteiger partial charge is 0.336 e. The van der Waals surface area contributed by atoms with Gasteiger partial charge in [-0.05, 0) is 12.1 Å². The van der Waals surface area contributed by atoms with Crippen LogP contribution >= 0.6 is 11.8 Å². The Morgan fingerprint density at radius 1 is 1.17 bits per heavy atom. The standard InChI is InChI=1S/C12H15NO4S/c14-11(15)5-6-13-7-8-18-10-4-2-1-3-9(10)12(16)17/h1-4,13H,5-8H2,(H,14,15)(H,16,17). The molecule has 0 saturated carbocycles. The molecule has 18 heavy (non-hydrogen) atoms. The first-order valence-corrected chi connectivity index (χ1v) is 6.47. The molecule has 6 heteroatoms. The molecule has 0 fully saturated rings. The van der Waals surface area contributed by atoms with Crippen molar-refractivity contribution in [2.75, 3.05) is 18.8 Å². The number of carboxylic acids is 2. The van der Waals surface area contributed by atoms with Crippen LogP contribution in [0.3, 0.4) is 0 Å². The van der Waals surface area contributed by atoms with Crippen molar-refractivity contribution in [2.45, 2.75) is 11.3 Å². The first-order chi connectivity index (χ1) is 8.61. The van der Waals surface area contributed by atoms with Gasteiger partial charge in [0.15, 0.2) is 0 Å². The summed E-state index contributed by atoms with van der Waals surface area (Å²) >= 11 is 1.44. The number of hydrogen-bond acceptors (Lipinski definition) is 4. The van der Waals surface area contributed by atoms with Crippen LogP contribution in [0, 0.1) is 0 Å². The van der Waals surface area contributed by atoms with E-state index >= 15 is 0 Å². The van der Waals surface area contributed by atoms with Crippen LogP contribution in [0.1, 0.15) is 16.8 Å². The molecule has 1 aromatic carbocycles. The Morgan fingerprint density at radius 2 is 1.89 bits per heavy atom. The van der Waals surface area contributed by atoms with Gasteiger partial charge in [0.05, 0.1) is 12.0 Å². The molecule has 1 rings (SSSR count). The molecule has 0 atom stereocenters. The minimum absolute atomic E-state index is 0.0936. The second-order valence-electron chi connectivity index (χ2n) is 3.54. The predicted octanol–water partition coefficient (Wildman–Crippen LogP) is 1.54. The lowest BCUT2D eigenvalue weighted by molar-refractivity contribution is -0.136. The largest absolute Gasteiger partial charge is 0.481 e. The SMILES string of the molecule is O=C(O)CCNCCSc1ccccc1C(=O)O. The highest BCUT2D eigenvalue weighted by atomic mass is 32.2. The molecule has 0 amide bonds. The van der Waals surface area contributed by atoms with E-state index in [0.29, 0.717) is 24.4 Å².